The Balaban J connectivity index is 2.56. The summed E-state index contributed by atoms with van der Waals surface area (Å²) in [4.78, 5) is 0. The van der Waals surface area contributed by atoms with E-state index in [-0.39, 0.29) is 11.1 Å². The number of aryl methyl sites for hydroxylation is 1. The number of nitrogen functional groups attached to an aromatic ring is 1. The summed E-state index contributed by atoms with van der Waals surface area (Å²) in [5.41, 5.74) is 6.19. The van der Waals surface area contributed by atoms with Gasteiger partial charge < -0.3 is 10.8 Å². The Bertz CT molecular complexity index is 584. The number of nitrogens with two attached hydrogens (primary N) is 1. The second-order valence-corrected chi connectivity index (χ2v) is 4.12. The molecule has 0 saturated heterocycles. The zero-order chi connectivity index (χ0) is 13.3. The predicted molar refractivity (Wildman–Crippen MR) is 66.0 cm³/mol. The van der Waals surface area contributed by atoms with Crippen LogP contribution in [0.5, 0.6) is 0 Å². The van der Waals surface area contributed by atoms with Crippen molar-refractivity contribution in [2.24, 2.45) is 0 Å². The number of anilines is 1. The molecule has 0 heterocycles. The van der Waals surface area contributed by atoms with Crippen LogP contribution in [0.1, 0.15) is 22.8 Å². The lowest BCUT2D eigenvalue weighted by atomic mass is 9.97. The number of hydrogen-bond donors (Lipinski definition) is 2. The first kappa shape index (κ1) is 12.5. The topological polar surface area (TPSA) is 46.2 Å². The van der Waals surface area contributed by atoms with Crippen molar-refractivity contribution < 1.29 is 13.9 Å². The maximum absolute atomic E-state index is 13.9. The zero-order valence-corrected chi connectivity index (χ0v) is 9.82. The van der Waals surface area contributed by atoms with Crippen molar-refractivity contribution in [1.29, 1.82) is 0 Å². The van der Waals surface area contributed by atoms with Gasteiger partial charge in [-0.3, -0.25) is 0 Å². The summed E-state index contributed by atoms with van der Waals surface area (Å²) >= 11 is 0. The highest BCUT2D eigenvalue weighted by molar-refractivity contribution is 5.51. The summed E-state index contributed by atoms with van der Waals surface area (Å²) in [5.74, 6) is -1.53. The number of rotatable bonds is 2. The van der Waals surface area contributed by atoms with Crippen molar-refractivity contribution in [2.45, 2.75) is 13.0 Å². The average Bonchev–Trinajstić information content (AvgIpc) is 2.35. The van der Waals surface area contributed by atoms with Gasteiger partial charge in [0.2, 0.25) is 0 Å². The van der Waals surface area contributed by atoms with E-state index in [9.17, 15) is 13.9 Å². The summed E-state index contributed by atoms with van der Waals surface area (Å²) in [6, 6.07) is 8.92. The van der Waals surface area contributed by atoms with E-state index >= 15 is 0 Å². The zero-order valence-electron chi connectivity index (χ0n) is 9.82. The molecular weight excluding hydrogens is 236 g/mol. The van der Waals surface area contributed by atoms with Crippen molar-refractivity contribution in [3.8, 4) is 0 Å². The van der Waals surface area contributed by atoms with E-state index in [2.05, 4.69) is 0 Å². The van der Waals surface area contributed by atoms with Gasteiger partial charge in [0.15, 0.2) is 0 Å². The number of halogens is 2. The molecule has 0 aliphatic rings. The SMILES string of the molecule is Cc1ccc(F)c(C(O)c2ccccc2N)c1F. The fraction of sp³-hybridized carbons (Fsp3) is 0.143. The van der Waals surface area contributed by atoms with Crippen LogP contribution in [0.25, 0.3) is 0 Å². The third-order valence-electron chi connectivity index (χ3n) is 2.88. The standard InChI is InChI=1S/C14H13F2NO/c1-8-6-7-10(15)12(13(8)16)14(18)9-4-2-3-5-11(9)17/h2-7,14,18H,17H2,1H3. The quantitative estimate of drug-likeness (QED) is 0.804. The van der Waals surface area contributed by atoms with Crippen LogP contribution in [0.3, 0.4) is 0 Å². The second kappa shape index (κ2) is 4.74. The highest BCUT2D eigenvalue weighted by atomic mass is 19.1. The number of aliphatic hydroxyl groups excluding tert-OH is 1. The summed E-state index contributed by atoms with van der Waals surface area (Å²) in [7, 11) is 0. The van der Waals surface area contributed by atoms with Gasteiger partial charge in [0.1, 0.15) is 17.7 Å². The van der Waals surface area contributed by atoms with Crippen molar-refractivity contribution >= 4 is 5.69 Å². The summed E-state index contributed by atoms with van der Waals surface area (Å²) < 4.78 is 27.5. The van der Waals surface area contributed by atoms with E-state index in [1.54, 1.807) is 24.3 Å². The Morgan fingerprint density at radius 1 is 1.11 bits per heavy atom. The van der Waals surface area contributed by atoms with Crippen LogP contribution >= 0.6 is 0 Å². The van der Waals surface area contributed by atoms with Gasteiger partial charge in [-0.2, -0.15) is 0 Å². The molecule has 4 heteroatoms. The van der Waals surface area contributed by atoms with Crippen molar-refractivity contribution in [1.82, 2.24) is 0 Å². The molecule has 0 spiro atoms. The van der Waals surface area contributed by atoms with Crippen LogP contribution in [-0.2, 0) is 0 Å². The molecule has 0 aliphatic carbocycles. The van der Waals surface area contributed by atoms with E-state index in [1.807, 2.05) is 0 Å². The normalized spacial score (nSPS) is 12.4. The van der Waals surface area contributed by atoms with E-state index in [0.29, 0.717) is 11.3 Å². The van der Waals surface area contributed by atoms with Gasteiger partial charge in [-0.25, -0.2) is 8.78 Å². The van der Waals surface area contributed by atoms with Crippen LogP contribution < -0.4 is 5.73 Å². The molecule has 2 aromatic rings. The molecule has 2 rings (SSSR count). The summed E-state index contributed by atoms with van der Waals surface area (Å²) in [6.45, 7) is 1.51. The molecule has 1 unspecified atom stereocenters. The highest BCUT2D eigenvalue weighted by Gasteiger charge is 2.22. The molecule has 3 N–H and O–H groups in total. The fourth-order valence-corrected chi connectivity index (χ4v) is 1.84. The van der Waals surface area contributed by atoms with E-state index in [0.717, 1.165) is 6.07 Å². The Morgan fingerprint density at radius 3 is 2.44 bits per heavy atom. The van der Waals surface area contributed by atoms with E-state index in [1.165, 1.54) is 13.0 Å². The average molecular weight is 249 g/mol. The number of benzene rings is 2. The summed E-state index contributed by atoms with van der Waals surface area (Å²) in [6.07, 6.45) is -1.41. The fourth-order valence-electron chi connectivity index (χ4n) is 1.84. The molecule has 0 aliphatic heterocycles. The lowest BCUT2D eigenvalue weighted by molar-refractivity contribution is 0.209. The molecule has 0 fully saturated rings. The Kier molecular flexibility index (Phi) is 3.30. The minimum atomic E-state index is -1.41. The Hall–Kier alpha value is -1.94. The molecule has 94 valence electrons. The summed E-state index contributed by atoms with van der Waals surface area (Å²) in [5, 5.41) is 10.1. The Morgan fingerprint density at radius 2 is 1.78 bits per heavy atom. The number of para-hydroxylation sites is 1. The van der Waals surface area contributed by atoms with Crippen LogP contribution in [0.15, 0.2) is 36.4 Å². The van der Waals surface area contributed by atoms with Gasteiger partial charge >= 0.3 is 0 Å². The van der Waals surface area contributed by atoms with Crippen molar-refractivity contribution in [3.05, 3.63) is 64.7 Å². The van der Waals surface area contributed by atoms with Gasteiger partial charge in [-0.1, -0.05) is 24.3 Å². The first-order valence-corrected chi connectivity index (χ1v) is 5.49. The molecule has 2 aromatic carbocycles. The van der Waals surface area contributed by atoms with Gasteiger partial charge in [0.05, 0.1) is 5.56 Å². The third-order valence-corrected chi connectivity index (χ3v) is 2.88. The predicted octanol–water partition coefficient (Wildman–Crippen LogP) is 2.94. The molecule has 0 aromatic heterocycles. The first-order chi connectivity index (χ1) is 8.52. The van der Waals surface area contributed by atoms with Gasteiger partial charge in [0.25, 0.3) is 0 Å². The molecule has 1 atom stereocenters. The lowest BCUT2D eigenvalue weighted by Crippen LogP contribution is -2.09. The second-order valence-electron chi connectivity index (χ2n) is 4.12. The molecule has 2 nitrogen and oxygen atoms in total. The molecular formula is C14H13F2NO. The monoisotopic (exact) mass is 249 g/mol. The van der Waals surface area contributed by atoms with Gasteiger partial charge in [-0.15, -0.1) is 0 Å². The van der Waals surface area contributed by atoms with Crippen molar-refractivity contribution in [2.75, 3.05) is 5.73 Å². The van der Waals surface area contributed by atoms with Crippen LogP contribution in [0.4, 0.5) is 14.5 Å². The first-order valence-electron chi connectivity index (χ1n) is 5.49. The molecule has 0 amide bonds. The Labute approximate surface area is 104 Å². The van der Waals surface area contributed by atoms with Crippen LogP contribution in [-0.4, -0.2) is 5.11 Å². The third kappa shape index (κ3) is 2.07. The maximum Gasteiger partial charge on any atom is 0.135 e. The lowest BCUT2D eigenvalue weighted by Gasteiger charge is -2.16. The van der Waals surface area contributed by atoms with Crippen LogP contribution in [0, 0.1) is 18.6 Å². The molecule has 0 saturated carbocycles. The number of hydrogen-bond acceptors (Lipinski definition) is 2. The molecule has 0 bridgehead atoms. The maximum atomic E-state index is 13.9. The van der Waals surface area contributed by atoms with E-state index < -0.39 is 17.7 Å². The van der Waals surface area contributed by atoms with Gasteiger partial charge in [0, 0.05) is 11.3 Å². The minimum absolute atomic E-state index is 0.278. The van der Waals surface area contributed by atoms with E-state index in [4.69, 9.17) is 5.73 Å². The molecule has 18 heavy (non-hydrogen) atoms. The minimum Gasteiger partial charge on any atom is -0.398 e. The largest absolute Gasteiger partial charge is 0.398 e. The molecule has 0 radical (unpaired) electrons. The van der Waals surface area contributed by atoms with Gasteiger partial charge in [-0.05, 0) is 24.6 Å². The smallest absolute Gasteiger partial charge is 0.135 e. The highest BCUT2D eigenvalue weighted by Crippen LogP contribution is 2.31. The number of aliphatic hydroxyl groups is 1. The van der Waals surface area contributed by atoms with Crippen molar-refractivity contribution in [3.63, 3.8) is 0 Å². The van der Waals surface area contributed by atoms with Crippen LogP contribution in [0.2, 0.25) is 0 Å².